The topological polar surface area (TPSA) is 74.0 Å². The van der Waals surface area contributed by atoms with Crippen LogP contribution in [-0.2, 0) is 16.6 Å². The molecule has 0 spiro atoms. The summed E-state index contributed by atoms with van der Waals surface area (Å²) in [6, 6.07) is 1.66. The van der Waals surface area contributed by atoms with Crippen LogP contribution in [0.25, 0.3) is 0 Å². The number of H-pyrrole nitrogens is 1. The first kappa shape index (κ1) is 13.9. The van der Waals surface area contributed by atoms with Crippen molar-refractivity contribution in [2.75, 3.05) is 19.8 Å². The molecular weight excluding hydrogens is 270 g/mol. The number of thioether (sulfide) groups is 1. The number of hydrogen-bond acceptors (Lipinski definition) is 4. The van der Waals surface area contributed by atoms with Crippen LogP contribution in [0.1, 0.15) is 18.5 Å². The average Bonchev–Trinajstić information content (AvgIpc) is 2.98. The molecule has 5 nitrogen and oxygen atoms in total. The van der Waals surface area contributed by atoms with Crippen molar-refractivity contribution in [3.05, 3.63) is 18.0 Å². The number of nitrogens with one attached hydrogen (secondary N) is 3. The van der Waals surface area contributed by atoms with Crippen molar-refractivity contribution < 1.29 is 8.42 Å². The molecule has 1 fully saturated rings. The van der Waals surface area contributed by atoms with Gasteiger partial charge in [0.15, 0.2) is 0 Å². The standard InChI is InChI=1S/C11H19N3O2S2/c1-12-6-9-5-10(7-13-9)18(15,16)14-8-11(17-2)3-4-11/h5,7,12-14H,3-4,6,8H2,1-2H3. The Hall–Kier alpha value is -0.500. The molecule has 2 rings (SSSR count). The molecule has 3 N–H and O–H groups in total. The molecule has 0 bridgehead atoms. The molecular formula is C11H19N3O2S2. The van der Waals surface area contributed by atoms with Crippen molar-refractivity contribution in [1.29, 1.82) is 0 Å². The summed E-state index contributed by atoms with van der Waals surface area (Å²) in [5.74, 6) is 0. The van der Waals surface area contributed by atoms with Crippen molar-refractivity contribution in [2.24, 2.45) is 0 Å². The van der Waals surface area contributed by atoms with Crippen LogP contribution in [0.5, 0.6) is 0 Å². The highest BCUT2D eigenvalue weighted by molar-refractivity contribution is 8.00. The van der Waals surface area contributed by atoms with Crippen LogP contribution in [0, 0.1) is 0 Å². The van der Waals surface area contributed by atoms with Crippen molar-refractivity contribution in [1.82, 2.24) is 15.0 Å². The van der Waals surface area contributed by atoms with Crippen LogP contribution in [-0.4, -0.2) is 38.0 Å². The second-order valence-electron chi connectivity index (χ2n) is 4.60. The molecule has 0 unspecified atom stereocenters. The number of aromatic amines is 1. The fraction of sp³-hybridized carbons (Fsp3) is 0.636. The lowest BCUT2D eigenvalue weighted by Crippen LogP contribution is -2.31. The van der Waals surface area contributed by atoms with Crippen LogP contribution in [0.4, 0.5) is 0 Å². The molecule has 0 amide bonds. The highest BCUT2D eigenvalue weighted by atomic mass is 32.2. The first-order valence-electron chi connectivity index (χ1n) is 5.88. The molecule has 1 heterocycles. The molecule has 0 aromatic carbocycles. The lowest BCUT2D eigenvalue weighted by molar-refractivity contribution is 0.580. The van der Waals surface area contributed by atoms with Gasteiger partial charge in [0, 0.05) is 29.7 Å². The van der Waals surface area contributed by atoms with Gasteiger partial charge in [-0.2, -0.15) is 11.8 Å². The molecule has 102 valence electrons. The molecule has 1 aromatic heterocycles. The van der Waals surface area contributed by atoms with E-state index in [0.717, 1.165) is 18.5 Å². The van der Waals surface area contributed by atoms with Crippen LogP contribution in [0.3, 0.4) is 0 Å². The third-order valence-corrected chi connectivity index (χ3v) is 6.02. The van der Waals surface area contributed by atoms with Crippen molar-refractivity contribution in [3.63, 3.8) is 0 Å². The zero-order chi connectivity index (χ0) is 13.2. The van der Waals surface area contributed by atoms with Gasteiger partial charge in [-0.3, -0.25) is 0 Å². The van der Waals surface area contributed by atoms with E-state index in [1.165, 1.54) is 6.20 Å². The van der Waals surface area contributed by atoms with E-state index in [2.05, 4.69) is 15.0 Å². The van der Waals surface area contributed by atoms with E-state index in [9.17, 15) is 8.42 Å². The predicted octanol–water partition coefficient (Wildman–Crippen LogP) is 0.908. The fourth-order valence-corrected chi connectivity index (χ4v) is 3.73. The number of hydrogen-bond donors (Lipinski definition) is 3. The SMILES string of the molecule is CNCc1cc(S(=O)(=O)NCC2(SC)CC2)c[nH]1. The number of rotatable bonds is 7. The largest absolute Gasteiger partial charge is 0.363 e. The van der Waals surface area contributed by atoms with E-state index in [-0.39, 0.29) is 4.75 Å². The van der Waals surface area contributed by atoms with Gasteiger partial charge in [-0.25, -0.2) is 13.1 Å². The highest BCUT2D eigenvalue weighted by Crippen LogP contribution is 2.46. The Kier molecular flexibility index (Phi) is 4.05. The second-order valence-corrected chi connectivity index (χ2v) is 7.64. The predicted molar refractivity (Wildman–Crippen MR) is 74.2 cm³/mol. The molecule has 0 atom stereocenters. The molecule has 7 heteroatoms. The van der Waals surface area contributed by atoms with Crippen LogP contribution in [0.15, 0.2) is 17.2 Å². The van der Waals surface area contributed by atoms with Crippen molar-refractivity contribution >= 4 is 21.8 Å². The summed E-state index contributed by atoms with van der Waals surface area (Å²) in [6.07, 6.45) is 5.75. The van der Waals surface area contributed by atoms with Gasteiger partial charge in [0.1, 0.15) is 0 Å². The van der Waals surface area contributed by atoms with E-state index in [4.69, 9.17) is 0 Å². The van der Waals surface area contributed by atoms with Gasteiger partial charge in [-0.05, 0) is 32.2 Å². The summed E-state index contributed by atoms with van der Waals surface area (Å²) in [6.45, 7) is 1.15. The van der Waals surface area contributed by atoms with Gasteiger partial charge in [0.05, 0.1) is 4.90 Å². The zero-order valence-electron chi connectivity index (χ0n) is 10.6. The monoisotopic (exact) mass is 289 g/mol. The first-order valence-corrected chi connectivity index (χ1v) is 8.59. The molecule has 1 saturated carbocycles. The Labute approximate surface area is 112 Å². The Morgan fingerprint density at radius 3 is 2.78 bits per heavy atom. The maximum atomic E-state index is 12.1. The quantitative estimate of drug-likeness (QED) is 0.697. The van der Waals surface area contributed by atoms with Gasteiger partial charge in [-0.1, -0.05) is 0 Å². The van der Waals surface area contributed by atoms with E-state index in [1.54, 1.807) is 17.8 Å². The Bertz CT molecular complexity index is 506. The number of aromatic nitrogens is 1. The lowest BCUT2D eigenvalue weighted by atomic mass is 10.4. The van der Waals surface area contributed by atoms with Crippen molar-refractivity contribution in [3.8, 4) is 0 Å². The zero-order valence-corrected chi connectivity index (χ0v) is 12.2. The van der Waals surface area contributed by atoms with E-state index < -0.39 is 10.0 Å². The summed E-state index contributed by atoms with van der Waals surface area (Å²) in [5, 5.41) is 2.97. The van der Waals surface area contributed by atoms with Gasteiger partial charge in [0.25, 0.3) is 0 Å². The van der Waals surface area contributed by atoms with Gasteiger partial charge < -0.3 is 10.3 Å². The summed E-state index contributed by atoms with van der Waals surface area (Å²) in [5.41, 5.74) is 0.865. The molecule has 1 aliphatic carbocycles. The smallest absolute Gasteiger partial charge is 0.242 e. The van der Waals surface area contributed by atoms with Crippen LogP contribution in [0.2, 0.25) is 0 Å². The average molecular weight is 289 g/mol. The van der Waals surface area contributed by atoms with Gasteiger partial charge in [-0.15, -0.1) is 0 Å². The van der Waals surface area contributed by atoms with Crippen molar-refractivity contribution in [2.45, 2.75) is 29.0 Å². The third kappa shape index (κ3) is 3.09. The summed E-state index contributed by atoms with van der Waals surface area (Å²) < 4.78 is 27.0. The summed E-state index contributed by atoms with van der Waals surface area (Å²) >= 11 is 1.74. The van der Waals surface area contributed by atoms with E-state index >= 15 is 0 Å². The van der Waals surface area contributed by atoms with Gasteiger partial charge in [0.2, 0.25) is 10.0 Å². The molecule has 0 radical (unpaired) electrons. The number of sulfonamides is 1. The van der Waals surface area contributed by atoms with Gasteiger partial charge >= 0.3 is 0 Å². The minimum absolute atomic E-state index is 0.136. The molecule has 1 aliphatic rings. The Balaban J connectivity index is 2.01. The Morgan fingerprint density at radius 2 is 2.22 bits per heavy atom. The van der Waals surface area contributed by atoms with E-state index in [1.807, 2.05) is 13.3 Å². The van der Waals surface area contributed by atoms with E-state index in [0.29, 0.717) is 18.0 Å². The van der Waals surface area contributed by atoms with Crippen LogP contribution < -0.4 is 10.0 Å². The summed E-state index contributed by atoms with van der Waals surface area (Å²) in [7, 11) is -1.56. The highest BCUT2D eigenvalue weighted by Gasteiger charge is 2.42. The lowest BCUT2D eigenvalue weighted by Gasteiger charge is -2.12. The summed E-state index contributed by atoms with van der Waals surface area (Å²) in [4.78, 5) is 3.26. The normalized spacial score (nSPS) is 17.9. The fourth-order valence-electron chi connectivity index (χ4n) is 1.77. The molecule has 18 heavy (non-hydrogen) atoms. The Morgan fingerprint density at radius 1 is 1.50 bits per heavy atom. The third-order valence-electron chi connectivity index (χ3n) is 3.22. The molecule has 0 saturated heterocycles. The minimum atomic E-state index is -3.38. The van der Waals surface area contributed by atoms with Crippen LogP contribution >= 0.6 is 11.8 Å². The molecule has 1 aromatic rings. The minimum Gasteiger partial charge on any atom is -0.363 e. The molecule has 0 aliphatic heterocycles. The maximum absolute atomic E-state index is 12.1. The maximum Gasteiger partial charge on any atom is 0.242 e. The first-order chi connectivity index (χ1) is 8.51. The second kappa shape index (κ2) is 5.24.